The Morgan fingerprint density at radius 3 is 2.71 bits per heavy atom. The zero-order valence-corrected chi connectivity index (χ0v) is 14.7. The first-order valence-electron chi connectivity index (χ1n) is 8.37. The van der Waals surface area contributed by atoms with Gasteiger partial charge in [-0.3, -0.25) is 5.32 Å². The highest BCUT2D eigenvalue weighted by Gasteiger charge is 2.35. The Balaban J connectivity index is 1.51. The Labute approximate surface area is 145 Å². The Hall–Kier alpha value is -2.05. The predicted molar refractivity (Wildman–Crippen MR) is 95.2 cm³/mol. The summed E-state index contributed by atoms with van der Waals surface area (Å²) in [5, 5.41) is 13.5. The molecule has 1 aromatic carbocycles. The van der Waals surface area contributed by atoms with Crippen LogP contribution in [0.2, 0.25) is 0 Å². The molecular formula is C18H21N5S. The highest BCUT2D eigenvalue weighted by Crippen LogP contribution is 2.43. The van der Waals surface area contributed by atoms with E-state index < -0.39 is 0 Å². The SMILES string of the molecule is Cc1cnc(C(NC(C)c2cn(-c3ccccc3)nn2)C2CC2)s1. The van der Waals surface area contributed by atoms with Crippen LogP contribution in [0, 0.1) is 12.8 Å². The fraction of sp³-hybridized carbons (Fsp3) is 0.389. The van der Waals surface area contributed by atoms with Gasteiger partial charge in [-0.05, 0) is 44.7 Å². The second-order valence-electron chi connectivity index (χ2n) is 6.44. The van der Waals surface area contributed by atoms with Crippen molar-refractivity contribution >= 4 is 11.3 Å². The van der Waals surface area contributed by atoms with Gasteiger partial charge in [-0.25, -0.2) is 9.67 Å². The zero-order valence-electron chi connectivity index (χ0n) is 13.9. The first-order chi connectivity index (χ1) is 11.7. The Kier molecular flexibility index (Phi) is 4.16. The lowest BCUT2D eigenvalue weighted by Crippen LogP contribution is -2.26. The lowest BCUT2D eigenvalue weighted by atomic mass is 10.1. The zero-order chi connectivity index (χ0) is 16.5. The fourth-order valence-electron chi connectivity index (χ4n) is 2.89. The van der Waals surface area contributed by atoms with Crippen LogP contribution < -0.4 is 5.32 Å². The summed E-state index contributed by atoms with van der Waals surface area (Å²) in [5.41, 5.74) is 1.98. The van der Waals surface area contributed by atoms with Crippen molar-refractivity contribution in [3.8, 4) is 5.69 Å². The molecule has 1 N–H and O–H groups in total. The van der Waals surface area contributed by atoms with E-state index in [1.165, 1.54) is 22.7 Å². The molecule has 4 rings (SSSR count). The van der Waals surface area contributed by atoms with E-state index in [2.05, 4.69) is 34.5 Å². The van der Waals surface area contributed by atoms with E-state index in [4.69, 9.17) is 0 Å². The molecule has 1 fully saturated rings. The van der Waals surface area contributed by atoms with Crippen molar-refractivity contribution in [2.24, 2.45) is 5.92 Å². The normalized spacial score (nSPS) is 16.9. The molecule has 3 aromatic rings. The number of aromatic nitrogens is 4. The van der Waals surface area contributed by atoms with Gasteiger partial charge in [0.25, 0.3) is 0 Å². The number of hydrogen-bond donors (Lipinski definition) is 1. The van der Waals surface area contributed by atoms with Crippen molar-refractivity contribution < 1.29 is 0 Å². The Morgan fingerprint density at radius 1 is 1.25 bits per heavy atom. The third-order valence-electron chi connectivity index (χ3n) is 4.40. The molecule has 1 saturated carbocycles. The van der Waals surface area contributed by atoms with Crippen molar-refractivity contribution in [1.82, 2.24) is 25.3 Å². The first kappa shape index (κ1) is 15.5. The van der Waals surface area contributed by atoms with Crippen LogP contribution in [-0.4, -0.2) is 20.0 Å². The summed E-state index contributed by atoms with van der Waals surface area (Å²) in [6.45, 7) is 4.26. The van der Waals surface area contributed by atoms with Crippen LogP contribution in [0.5, 0.6) is 0 Å². The molecule has 2 unspecified atom stereocenters. The molecule has 0 spiro atoms. The average molecular weight is 339 g/mol. The van der Waals surface area contributed by atoms with E-state index in [9.17, 15) is 0 Å². The molecule has 2 aromatic heterocycles. The number of aryl methyl sites for hydroxylation is 1. The highest BCUT2D eigenvalue weighted by molar-refractivity contribution is 7.11. The van der Waals surface area contributed by atoms with Gasteiger partial charge in [-0.2, -0.15) is 0 Å². The quantitative estimate of drug-likeness (QED) is 0.741. The smallest absolute Gasteiger partial charge is 0.110 e. The van der Waals surface area contributed by atoms with Gasteiger partial charge in [0, 0.05) is 11.1 Å². The molecular weight excluding hydrogens is 318 g/mol. The Morgan fingerprint density at radius 2 is 2.04 bits per heavy atom. The van der Waals surface area contributed by atoms with E-state index in [0.29, 0.717) is 12.0 Å². The summed E-state index contributed by atoms with van der Waals surface area (Å²) >= 11 is 1.79. The predicted octanol–water partition coefficient (Wildman–Crippen LogP) is 3.83. The maximum Gasteiger partial charge on any atom is 0.110 e. The van der Waals surface area contributed by atoms with Crippen LogP contribution in [0.25, 0.3) is 5.69 Å². The van der Waals surface area contributed by atoms with Gasteiger partial charge in [0.15, 0.2) is 0 Å². The van der Waals surface area contributed by atoms with Gasteiger partial charge in [-0.15, -0.1) is 16.4 Å². The summed E-state index contributed by atoms with van der Waals surface area (Å²) in [6.07, 6.45) is 6.52. The number of hydrogen-bond acceptors (Lipinski definition) is 5. The molecule has 6 heteroatoms. The summed E-state index contributed by atoms with van der Waals surface area (Å²) in [5.74, 6) is 0.696. The largest absolute Gasteiger partial charge is 0.299 e. The molecule has 0 amide bonds. The summed E-state index contributed by atoms with van der Waals surface area (Å²) < 4.78 is 1.83. The maximum atomic E-state index is 4.59. The minimum atomic E-state index is 0.136. The minimum Gasteiger partial charge on any atom is -0.299 e. The molecule has 5 nitrogen and oxygen atoms in total. The van der Waals surface area contributed by atoms with Crippen LogP contribution in [0.4, 0.5) is 0 Å². The van der Waals surface area contributed by atoms with Crippen LogP contribution in [0.15, 0.2) is 42.7 Å². The molecule has 2 atom stereocenters. The summed E-state index contributed by atoms with van der Waals surface area (Å²) in [7, 11) is 0. The minimum absolute atomic E-state index is 0.136. The molecule has 1 aliphatic carbocycles. The lowest BCUT2D eigenvalue weighted by molar-refractivity contribution is 0.420. The molecule has 0 radical (unpaired) electrons. The van der Waals surface area contributed by atoms with E-state index in [0.717, 1.165) is 11.4 Å². The van der Waals surface area contributed by atoms with Gasteiger partial charge in [0.1, 0.15) is 5.01 Å². The van der Waals surface area contributed by atoms with Crippen LogP contribution >= 0.6 is 11.3 Å². The second kappa shape index (κ2) is 6.45. The van der Waals surface area contributed by atoms with Crippen LogP contribution in [-0.2, 0) is 0 Å². The van der Waals surface area contributed by atoms with E-state index in [1.807, 2.05) is 47.4 Å². The van der Waals surface area contributed by atoms with Gasteiger partial charge in [0.2, 0.25) is 0 Å². The third kappa shape index (κ3) is 3.25. The molecule has 0 bridgehead atoms. The highest BCUT2D eigenvalue weighted by atomic mass is 32.1. The Bertz CT molecular complexity index is 806. The van der Waals surface area contributed by atoms with Gasteiger partial charge >= 0.3 is 0 Å². The molecule has 0 aliphatic heterocycles. The summed E-state index contributed by atoms with van der Waals surface area (Å²) in [4.78, 5) is 5.86. The van der Waals surface area contributed by atoms with E-state index in [-0.39, 0.29) is 6.04 Å². The second-order valence-corrected chi connectivity index (χ2v) is 7.70. The van der Waals surface area contributed by atoms with Crippen LogP contribution in [0.3, 0.4) is 0 Å². The first-order valence-corrected chi connectivity index (χ1v) is 9.18. The van der Waals surface area contributed by atoms with Gasteiger partial charge in [-0.1, -0.05) is 23.4 Å². The monoisotopic (exact) mass is 339 g/mol. The molecule has 0 saturated heterocycles. The van der Waals surface area contributed by atoms with E-state index in [1.54, 1.807) is 11.3 Å². The van der Waals surface area contributed by atoms with E-state index >= 15 is 0 Å². The number of nitrogens with zero attached hydrogens (tertiary/aromatic N) is 4. The fourth-order valence-corrected chi connectivity index (χ4v) is 3.82. The average Bonchev–Trinajstić information content (AvgIpc) is 3.15. The summed E-state index contributed by atoms with van der Waals surface area (Å²) in [6, 6.07) is 10.5. The standard InChI is InChI=1S/C18H21N5S/c1-12-10-19-18(24-12)17(14-8-9-14)20-13(2)16-11-23(22-21-16)15-6-4-3-5-7-15/h3-7,10-11,13-14,17,20H,8-9H2,1-2H3. The van der Waals surface area contributed by atoms with Crippen molar-refractivity contribution in [2.45, 2.75) is 38.8 Å². The number of rotatable bonds is 6. The maximum absolute atomic E-state index is 4.59. The lowest BCUT2D eigenvalue weighted by Gasteiger charge is -2.20. The topological polar surface area (TPSA) is 55.6 Å². The van der Waals surface area contributed by atoms with Crippen molar-refractivity contribution in [1.29, 1.82) is 0 Å². The number of benzene rings is 1. The molecule has 1 aliphatic rings. The van der Waals surface area contributed by atoms with Crippen molar-refractivity contribution in [3.63, 3.8) is 0 Å². The van der Waals surface area contributed by atoms with Crippen molar-refractivity contribution in [3.05, 3.63) is 58.3 Å². The third-order valence-corrected chi connectivity index (χ3v) is 5.40. The van der Waals surface area contributed by atoms with Gasteiger partial charge < -0.3 is 0 Å². The van der Waals surface area contributed by atoms with Gasteiger partial charge in [0.05, 0.1) is 29.7 Å². The van der Waals surface area contributed by atoms with Crippen molar-refractivity contribution in [2.75, 3.05) is 0 Å². The number of thiazole rings is 1. The molecule has 124 valence electrons. The van der Waals surface area contributed by atoms with Crippen LogP contribution in [0.1, 0.15) is 47.4 Å². The number of nitrogens with one attached hydrogen (secondary N) is 1. The molecule has 24 heavy (non-hydrogen) atoms. The number of para-hydroxylation sites is 1. The molecule has 2 heterocycles.